The Bertz CT molecular complexity index is 540. The number of halogens is 1. The smallest absolute Gasteiger partial charge is 0.263 e. The van der Waals surface area contributed by atoms with Gasteiger partial charge in [-0.25, -0.2) is 4.98 Å². The number of hydrogen-bond acceptors (Lipinski definition) is 4. The van der Waals surface area contributed by atoms with Crippen molar-refractivity contribution in [3.8, 4) is 0 Å². The minimum atomic E-state index is -0.0583. The van der Waals surface area contributed by atoms with E-state index >= 15 is 0 Å². The lowest BCUT2D eigenvalue weighted by Gasteiger charge is -2.33. The number of guanidine groups is 1. The first-order valence-electron chi connectivity index (χ1n) is 8.33. The summed E-state index contributed by atoms with van der Waals surface area (Å²) in [4.78, 5) is 23.8. The van der Waals surface area contributed by atoms with Crippen LogP contribution in [0.5, 0.6) is 0 Å². The predicted molar refractivity (Wildman–Crippen MR) is 111 cm³/mol. The van der Waals surface area contributed by atoms with Crippen LogP contribution in [0.4, 0.5) is 0 Å². The molecular weight excluding hydrogens is 437 g/mol. The van der Waals surface area contributed by atoms with Gasteiger partial charge in [0.1, 0.15) is 4.88 Å². The Morgan fingerprint density at radius 1 is 1.42 bits per heavy atom. The zero-order valence-corrected chi connectivity index (χ0v) is 17.8. The van der Waals surface area contributed by atoms with Crippen molar-refractivity contribution in [2.75, 3.05) is 32.7 Å². The Hall–Kier alpha value is -0.900. The van der Waals surface area contributed by atoms with Gasteiger partial charge >= 0.3 is 0 Å². The van der Waals surface area contributed by atoms with E-state index in [4.69, 9.17) is 0 Å². The molecule has 24 heavy (non-hydrogen) atoms. The molecule has 1 aliphatic heterocycles. The number of rotatable bonds is 5. The highest BCUT2D eigenvalue weighted by Crippen LogP contribution is 2.15. The molecule has 0 radical (unpaired) electrons. The molecule has 0 atom stereocenters. The molecule has 0 saturated carbocycles. The number of hydrogen-bond donors (Lipinski definition) is 2. The summed E-state index contributed by atoms with van der Waals surface area (Å²) in [5, 5.41) is 6.26. The first-order chi connectivity index (χ1) is 11.1. The predicted octanol–water partition coefficient (Wildman–Crippen LogP) is 2.50. The third-order valence-corrected chi connectivity index (χ3v) is 4.96. The summed E-state index contributed by atoms with van der Waals surface area (Å²) in [5.41, 5.74) is 2.48. The molecule has 1 aromatic heterocycles. The molecule has 136 valence electrons. The minimum Gasteiger partial charge on any atom is -0.357 e. The standard InChI is InChI=1S/C16H27N5OS.HI/c1-4-17-16(21-9-5-12(2)6-10-21)19-8-7-18-15(22)14-13(3)20-11-23-14;/h11-12H,4-10H2,1-3H3,(H,17,19)(H,18,22);1H. The van der Waals surface area contributed by atoms with E-state index in [9.17, 15) is 4.79 Å². The summed E-state index contributed by atoms with van der Waals surface area (Å²) >= 11 is 1.37. The van der Waals surface area contributed by atoms with Gasteiger partial charge < -0.3 is 15.5 Å². The number of aromatic nitrogens is 1. The van der Waals surface area contributed by atoms with E-state index in [0.29, 0.717) is 18.0 Å². The molecule has 8 heteroatoms. The highest BCUT2D eigenvalue weighted by molar-refractivity contribution is 14.0. The summed E-state index contributed by atoms with van der Waals surface area (Å²) in [6, 6.07) is 0. The Kier molecular flexibility index (Phi) is 9.57. The van der Waals surface area contributed by atoms with Gasteiger partial charge in [-0.2, -0.15) is 0 Å². The topological polar surface area (TPSA) is 69.6 Å². The van der Waals surface area contributed by atoms with Crippen molar-refractivity contribution in [2.24, 2.45) is 10.9 Å². The Morgan fingerprint density at radius 3 is 2.71 bits per heavy atom. The van der Waals surface area contributed by atoms with Gasteiger partial charge in [-0.15, -0.1) is 35.3 Å². The van der Waals surface area contributed by atoms with E-state index in [1.165, 1.54) is 24.2 Å². The van der Waals surface area contributed by atoms with Crippen molar-refractivity contribution < 1.29 is 4.79 Å². The fourth-order valence-electron chi connectivity index (χ4n) is 2.58. The molecule has 2 heterocycles. The van der Waals surface area contributed by atoms with Gasteiger partial charge in [0.25, 0.3) is 5.91 Å². The number of nitrogens with zero attached hydrogens (tertiary/aromatic N) is 3. The van der Waals surface area contributed by atoms with Crippen molar-refractivity contribution in [2.45, 2.75) is 33.6 Å². The van der Waals surface area contributed by atoms with Gasteiger partial charge in [-0.3, -0.25) is 9.79 Å². The normalized spacial score (nSPS) is 15.8. The van der Waals surface area contributed by atoms with Gasteiger partial charge in [0.15, 0.2) is 5.96 Å². The number of carbonyl (C=O) groups excluding carboxylic acids is 1. The molecular formula is C16H28IN5OS. The molecule has 0 aliphatic carbocycles. The number of thiazole rings is 1. The molecule has 0 spiro atoms. The first kappa shape index (κ1) is 21.1. The molecule has 1 aliphatic rings. The van der Waals surface area contributed by atoms with Crippen LogP contribution in [0, 0.1) is 12.8 Å². The van der Waals surface area contributed by atoms with E-state index in [-0.39, 0.29) is 29.9 Å². The maximum atomic E-state index is 12.0. The Balaban J connectivity index is 0.00000288. The summed E-state index contributed by atoms with van der Waals surface area (Å²) in [6.07, 6.45) is 2.43. The van der Waals surface area contributed by atoms with Gasteiger partial charge in [0.2, 0.25) is 0 Å². The SMILES string of the molecule is CCNC(=NCCNC(=O)c1scnc1C)N1CCC(C)CC1.I. The maximum absolute atomic E-state index is 12.0. The molecule has 0 bridgehead atoms. The molecule has 0 aromatic carbocycles. The van der Waals surface area contributed by atoms with E-state index < -0.39 is 0 Å². The third kappa shape index (κ3) is 6.19. The second-order valence-electron chi connectivity index (χ2n) is 5.93. The number of likely N-dealkylation sites (tertiary alicyclic amines) is 1. The number of carbonyl (C=O) groups is 1. The van der Waals surface area contributed by atoms with E-state index in [0.717, 1.165) is 37.2 Å². The van der Waals surface area contributed by atoms with Crippen LogP contribution >= 0.6 is 35.3 Å². The average molecular weight is 465 g/mol. The molecule has 2 rings (SSSR count). The first-order valence-corrected chi connectivity index (χ1v) is 9.21. The van der Waals surface area contributed by atoms with Crippen molar-refractivity contribution in [3.05, 3.63) is 16.1 Å². The second kappa shape index (κ2) is 10.9. The van der Waals surface area contributed by atoms with Crippen LogP contribution in [-0.2, 0) is 0 Å². The largest absolute Gasteiger partial charge is 0.357 e. The maximum Gasteiger partial charge on any atom is 0.263 e. The lowest BCUT2D eigenvalue weighted by atomic mass is 10.00. The van der Waals surface area contributed by atoms with Gasteiger partial charge in [0.05, 0.1) is 17.7 Å². The zero-order chi connectivity index (χ0) is 16.7. The molecule has 1 saturated heterocycles. The van der Waals surface area contributed by atoms with Gasteiger partial charge in [0, 0.05) is 26.2 Å². The lowest BCUT2D eigenvalue weighted by molar-refractivity contribution is 0.0958. The monoisotopic (exact) mass is 465 g/mol. The average Bonchev–Trinajstić information content (AvgIpc) is 2.97. The summed E-state index contributed by atoms with van der Waals surface area (Å²) in [6.45, 7) is 10.3. The van der Waals surface area contributed by atoms with Gasteiger partial charge in [-0.05, 0) is 32.6 Å². The van der Waals surface area contributed by atoms with Crippen LogP contribution < -0.4 is 10.6 Å². The van der Waals surface area contributed by atoms with Crippen LogP contribution in [0.3, 0.4) is 0 Å². The number of aryl methyl sites for hydroxylation is 1. The van der Waals surface area contributed by atoms with Crippen molar-refractivity contribution >= 4 is 47.2 Å². The number of amides is 1. The molecule has 0 unspecified atom stereocenters. The van der Waals surface area contributed by atoms with Crippen molar-refractivity contribution in [1.82, 2.24) is 20.5 Å². The van der Waals surface area contributed by atoms with Crippen LogP contribution in [0.25, 0.3) is 0 Å². The molecule has 6 nitrogen and oxygen atoms in total. The van der Waals surface area contributed by atoms with E-state index in [1.54, 1.807) is 5.51 Å². The summed E-state index contributed by atoms with van der Waals surface area (Å²) in [7, 11) is 0. The number of nitrogens with one attached hydrogen (secondary N) is 2. The second-order valence-corrected chi connectivity index (χ2v) is 6.78. The lowest BCUT2D eigenvalue weighted by Crippen LogP contribution is -2.45. The van der Waals surface area contributed by atoms with Crippen LogP contribution in [0.15, 0.2) is 10.5 Å². The fraction of sp³-hybridized carbons (Fsp3) is 0.688. The summed E-state index contributed by atoms with van der Waals surface area (Å²) in [5.74, 6) is 1.70. The summed E-state index contributed by atoms with van der Waals surface area (Å²) < 4.78 is 0. The fourth-order valence-corrected chi connectivity index (χ4v) is 3.30. The number of piperidine rings is 1. The van der Waals surface area contributed by atoms with Crippen LogP contribution in [0.1, 0.15) is 42.1 Å². The van der Waals surface area contributed by atoms with E-state index in [1.807, 2.05) is 6.92 Å². The van der Waals surface area contributed by atoms with Crippen molar-refractivity contribution in [1.29, 1.82) is 0 Å². The van der Waals surface area contributed by atoms with Gasteiger partial charge in [-0.1, -0.05) is 6.92 Å². The minimum absolute atomic E-state index is 0. The highest BCUT2D eigenvalue weighted by atomic mass is 127. The zero-order valence-electron chi connectivity index (χ0n) is 14.7. The van der Waals surface area contributed by atoms with E-state index in [2.05, 4.69) is 39.4 Å². The Morgan fingerprint density at radius 2 is 2.12 bits per heavy atom. The quantitative estimate of drug-likeness (QED) is 0.304. The van der Waals surface area contributed by atoms with Crippen LogP contribution in [-0.4, -0.2) is 54.5 Å². The Labute approximate surface area is 165 Å². The molecule has 1 fully saturated rings. The molecule has 1 aromatic rings. The van der Waals surface area contributed by atoms with Crippen molar-refractivity contribution in [3.63, 3.8) is 0 Å². The highest BCUT2D eigenvalue weighted by Gasteiger charge is 2.18. The third-order valence-electron chi connectivity index (χ3n) is 4.03. The molecule has 1 amide bonds. The number of aliphatic imine (C=N–C) groups is 1. The van der Waals surface area contributed by atoms with Crippen LogP contribution in [0.2, 0.25) is 0 Å². The molecule has 2 N–H and O–H groups in total.